The van der Waals surface area contributed by atoms with Crippen LogP contribution in [0.1, 0.15) is 56.3 Å². The second-order valence-corrected chi connectivity index (χ2v) is 7.52. The molecule has 23 heavy (non-hydrogen) atoms. The van der Waals surface area contributed by atoms with E-state index in [0.29, 0.717) is 13.2 Å². The van der Waals surface area contributed by atoms with E-state index in [-0.39, 0.29) is 11.5 Å². The van der Waals surface area contributed by atoms with Gasteiger partial charge in [0.2, 0.25) is 0 Å². The van der Waals surface area contributed by atoms with Crippen molar-refractivity contribution in [3.05, 3.63) is 28.8 Å². The highest BCUT2D eigenvalue weighted by Gasteiger charge is 2.25. The van der Waals surface area contributed by atoms with Crippen LogP contribution in [0.15, 0.2) is 12.1 Å². The van der Waals surface area contributed by atoms with Gasteiger partial charge in [-0.05, 0) is 42.4 Å². The molecular formula is C19H31NO3. The molecule has 2 N–H and O–H groups in total. The fourth-order valence-electron chi connectivity index (χ4n) is 3.05. The van der Waals surface area contributed by atoms with Crippen molar-refractivity contribution in [3.63, 3.8) is 0 Å². The number of hydrogen-bond acceptors (Lipinski definition) is 4. The standard InChI is InChI=1S/C19H31NO3/c1-13-9-14(19(2,3)4)10-16-17(7-6-8-23-18(13)16)20-11-15(21)12-22-5/h9-10,15,17,20-21H,6-8,11-12H2,1-5H3/t15-,17+/m1/s1. The van der Waals surface area contributed by atoms with Gasteiger partial charge in [0.25, 0.3) is 0 Å². The number of hydrogen-bond donors (Lipinski definition) is 2. The molecule has 0 saturated heterocycles. The number of ether oxygens (including phenoxy) is 2. The number of methoxy groups -OCH3 is 1. The lowest BCUT2D eigenvalue weighted by Gasteiger charge is -2.26. The number of aliphatic hydroxyl groups is 1. The molecule has 0 saturated carbocycles. The van der Waals surface area contributed by atoms with Gasteiger partial charge in [0.05, 0.1) is 19.3 Å². The average molecular weight is 321 g/mol. The van der Waals surface area contributed by atoms with Gasteiger partial charge < -0.3 is 19.9 Å². The van der Waals surface area contributed by atoms with E-state index in [0.717, 1.165) is 25.2 Å². The summed E-state index contributed by atoms with van der Waals surface area (Å²) in [5.41, 5.74) is 3.84. The first-order valence-corrected chi connectivity index (χ1v) is 8.51. The minimum atomic E-state index is -0.487. The highest BCUT2D eigenvalue weighted by atomic mass is 16.5. The first kappa shape index (κ1) is 18.2. The third-order valence-corrected chi connectivity index (χ3v) is 4.39. The van der Waals surface area contributed by atoms with Crippen LogP contribution in [0.3, 0.4) is 0 Å². The maximum Gasteiger partial charge on any atom is 0.126 e. The van der Waals surface area contributed by atoms with E-state index in [4.69, 9.17) is 9.47 Å². The molecule has 1 aromatic rings. The quantitative estimate of drug-likeness (QED) is 0.875. The predicted molar refractivity (Wildman–Crippen MR) is 93.2 cm³/mol. The molecule has 0 spiro atoms. The van der Waals surface area contributed by atoms with E-state index in [1.54, 1.807) is 7.11 Å². The van der Waals surface area contributed by atoms with Crippen molar-refractivity contribution in [2.45, 2.75) is 58.1 Å². The van der Waals surface area contributed by atoms with Gasteiger partial charge >= 0.3 is 0 Å². The van der Waals surface area contributed by atoms with Gasteiger partial charge in [-0.2, -0.15) is 0 Å². The summed E-state index contributed by atoms with van der Waals surface area (Å²) >= 11 is 0. The summed E-state index contributed by atoms with van der Waals surface area (Å²) in [4.78, 5) is 0. The van der Waals surface area contributed by atoms with Crippen molar-refractivity contribution in [2.24, 2.45) is 0 Å². The average Bonchev–Trinajstić information content (AvgIpc) is 2.67. The molecule has 1 aromatic carbocycles. The van der Waals surface area contributed by atoms with Crippen molar-refractivity contribution in [1.82, 2.24) is 5.32 Å². The molecule has 2 rings (SSSR count). The zero-order valence-electron chi connectivity index (χ0n) is 15.1. The predicted octanol–water partition coefficient (Wildman–Crippen LogP) is 3.10. The molecule has 1 aliphatic rings. The van der Waals surface area contributed by atoms with Crippen LogP contribution in [0.25, 0.3) is 0 Å². The molecule has 0 unspecified atom stereocenters. The number of rotatable bonds is 5. The van der Waals surface area contributed by atoms with Crippen molar-refractivity contribution in [3.8, 4) is 5.75 Å². The van der Waals surface area contributed by atoms with Crippen molar-refractivity contribution in [2.75, 3.05) is 26.9 Å². The summed E-state index contributed by atoms with van der Waals surface area (Å²) in [6.45, 7) is 10.4. The van der Waals surface area contributed by atoms with Crippen molar-refractivity contribution < 1.29 is 14.6 Å². The number of aliphatic hydroxyl groups excluding tert-OH is 1. The van der Waals surface area contributed by atoms with Crippen LogP contribution in [0.4, 0.5) is 0 Å². The van der Waals surface area contributed by atoms with Crippen LogP contribution < -0.4 is 10.1 Å². The molecule has 0 fully saturated rings. The number of benzene rings is 1. The molecular weight excluding hydrogens is 290 g/mol. The molecule has 4 heteroatoms. The smallest absolute Gasteiger partial charge is 0.126 e. The Morgan fingerprint density at radius 2 is 2.13 bits per heavy atom. The van der Waals surface area contributed by atoms with E-state index < -0.39 is 6.10 Å². The summed E-state index contributed by atoms with van der Waals surface area (Å²) < 4.78 is 11.0. The van der Waals surface area contributed by atoms with E-state index in [9.17, 15) is 5.11 Å². The summed E-state index contributed by atoms with van der Waals surface area (Å²) in [5.74, 6) is 1.01. The summed E-state index contributed by atoms with van der Waals surface area (Å²) in [6.07, 6.45) is 1.54. The third-order valence-electron chi connectivity index (χ3n) is 4.39. The highest BCUT2D eigenvalue weighted by molar-refractivity contribution is 5.48. The fraction of sp³-hybridized carbons (Fsp3) is 0.684. The Morgan fingerprint density at radius 3 is 2.78 bits per heavy atom. The number of aryl methyl sites for hydroxylation is 1. The zero-order chi connectivity index (χ0) is 17.0. The number of nitrogens with one attached hydrogen (secondary N) is 1. The summed E-state index contributed by atoms with van der Waals surface area (Å²) in [6, 6.07) is 4.72. The minimum Gasteiger partial charge on any atom is -0.493 e. The minimum absolute atomic E-state index is 0.103. The molecule has 130 valence electrons. The lowest BCUT2D eigenvalue weighted by Crippen LogP contribution is -2.33. The first-order chi connectivity index (χ1) is 10.8. The second-order valence-electron chi connectivity index (χ2n) is 7.52. The molecule has 0 amide bonds. The molecule has 0 aliphatic carbocycles. The molecule has 0 radical (unpaired) electrons. The largest absolute Gasteiger partial charge is 0.493 e. The van der Waals surface area contributed by atoms with E-state index >= 15 is 0 Å². The second kappa shape index (κ2) is 7.65. The van der Waals surface area contributed by atoms with Crippen molar-refractivity contribution in [1.29, 1.82) is 0 Å². The molecule has 0 aromatic heterocycles. The van der Waals surface area contributed by atoms with Crippen LogP contribution in [0.5, 0.6) is 5.75 Å². The summed E-state index contributed by atoms with van der Waals surface area (Å²) in [5, 5.41) is 13.4. The topological polar surface area (TPSA) is 50.7 Å². The maximum atomic E-state index is 9.92. The van der Waals surface area contributed by atoms with E-state index in [1.807, 2.05) is 0 Å². The Bertz CT molecular complexity index is 522. The van der Waals surface area contributed by atoms with E-state index in [2.05, 4.69) is 45.1 Å². The van der Waals surface area contributed by atoms with Gasteiger partial charge in [0.1, 0.15) is 5.75 Å². The lowest BCUT2D eigenvalue weighted by atomic mass is 9.83. The van der Waals surface area contributed by atoms with Crippen LogP contribution >= 0.6 is 0 Å². The van der Waals surface area contributed by atoms with E-state index in [1.165, 1.54) is 16.7 Å². The van der Waals surface area contributed by atoms with Gasteiger partial charge in [-0.15, -0.1) is 0 Å². The zero-order valence-corrected chi connectivity index (χ0v) is 15.1. The van der Waals surface area contributed by atoms with Crippen LogP contribution in [0.2, 0.25) is 0 Å². The van der Waals surface area contributed by atoms with Crippen LogP contribution in [-0.2, 0) is 10.2 Å². The highest BCUT2D eigenvalue weighted by Crippen LogP contribution is 2.38. The Morgan fingerprint density at radius 1 is 1.39 bits per heavy atom. The summed E-state index contributed by atoms with van der Waals surface area (Å²) in [7, 11) is 1.61. The van der Waals surface area contributed by atoms with Crippen LogP contribution in [0, 0.1) is 6.92 Å². The van der Waals surface area contributed by atoms with Gasteiger partial charge in [0, 0.05) is 25.3 Å². The normalized spacial score (nSPS) is 19.7. The molecule has 0 bridgehead atoms. The number of fused-ring (bicyclic) bond motifs is 1. The van der Waals surface area contributed by atoms with Crippen LogP contribution in [-0.4, -0.2) is 38.1 Å². The molecule has 4 nitrogen and oxygen atoms in total. The first-order valence-electron chi connectivity index (χ1n) is 8.51. The molecule has 1 aliphatic heterocycles. The fourth-order valence-corrected chi connectivity index (χ4v) is 3.05. The monoisotopic (exact) mass is 321 g/mol. The van der Waals surface area contributed by atoms with Gasteiger partial charge in [-0.25, -0.2) is 0 Å². The Labute approximate surface area is 140 Å². The maximum absolute atomic E-state index is 9.92. The van der Waals surface area contributed by atoms with Gasteiger partial charge in [-0.3, -0.25) is 0 Å². The third kappa shape index (κ3) is 4.69. The molecule has 1 heterocycles. The van der Waals surface area contributed by atoms with Gasteiger partial charge in [0.15, 0.2) is 0 Å². The molecule has 2 atom stereocenters. The Kier molecular flexibility index (Phi) is 6.06. The van der Waals surface area contributed by atoms with Crippen molar-refractivity contribution >= 4 is 0 Å². The SMILES string of the molecule is COC[C@H](O)CN[C@H]1CCCOc2c(C)cc(C(C)(C)C)cc21. The Balaban J connectivity index is 2.28. The van der Waals surface area contributed by atoms with Gasteiger partial charge in [-0.1, -0.05) is 26.8 Å². The lowest BCUT2D eigenvalue weighted by molar-refractivity contribution is 0.0625. The Hall–Kier alpha value is -1.10.